The standard InChI is InChI=1S/C16H17BrN2O/c1-20-14-4-2-12(3-5-14)13-7-9-19(11-13)16-6-8-18-10-15(16)17/h2-6,8,10,13H,7,9,11H2,1H3. The van der Waals surface area contributed by atoms with Crippen LogP contribution in [0.2, 0.25) is 0 Å². The van der Waals surface area contributed by atoms with E-state index in [0.29, 0.717) is 5.92 Å². The number of rotatable bonds is 3. The van der Waals surface area contributed by atoms with E-state index in [1.54, 1.807) is 7.11 Å². The molecule has 1 fully saturated rings. The first kappa shape index (κ1) is 13.4. The largest absolute Gasteiger partial charge is 0.497 e. The number of methoxy groups -OCH3 is 1. The Labute approximate surface area is 127 Å². The minimum atomic E-state index is 0.584. The number of benzene rings is 1. The topological polar surface area (TPSA) is 25.4 Å². The third kappa shape index (κ3) is 2.66. The van der Waals surface area contributed by atoms with Gasteiger partial charge in [-0.25, -0.2) is 0 Å². The van der Waals surface area contributed by atoms with E-state index in [9.17, 15) is 0 Å². The van der Waals surface area contributed by atoms with E-state index in [-0.39, 0.29) is 0 Å². The second-order valence-corrected chi connectivity index (χ2v) is 5.89. The van der Waals surface area contributed by atoms with Gasteiger partial charge in [0.05, 0.1) is 17.3 Å². The molecule has 0 amide bonds. The molecule has 3 nitrogen and oxygen atoms in total. The Morgan fingerprint density at radius 1 is 1.25 bits per heavy atom. The van der Waals surface area contributed by atoms with Gasteiger partial charge in [-0.2, -0.15) is 0 Å². The maximum atomic E-state index is 5.21. The SMILES string of the molecule is COc1ccc(C2CCN(c3ccncc3Br)C2)cc1. The summed E-state index contributed by atoms with van der Waals surface area (Å²) in [6, 6.07) is 10.5. The summed E-state index contributed by atoms with van der Waals surface area (Å²) in [4.78, 5) is 6.54. The highest BCUT2D eigenvalue weighted by Gasteiger charge is 2.25. The Hall–Kier alpha value is -1.55. The number of pyridine rings is 1. The Morgan fingerprint density at radius 2 is 2.05 bits per heavy atom. The first-order valence-electron chi connectivity index (χ1n) is 6.76. The third-order valence-corrected chi connectivity index (χ3v) is 4.48. The Balaban J connectivity index is 1.74. The van der Waals surface area contributed by atoms with E-state index in [2.05, 4.69) is 44.0 Å². The molecule has 1 aliphatic heterocycles. The van der Waals surface area contributed by atoms with Crippen molar-refractivity contribution in [2.24, 2.45) is 0 Å². The first-order valence-corrected chi connectivity index (χ1v) is 7.55. The lowest BCUT2D eigenvalue weighted by atomic mass is 9.98. The molecule has 1 aromatic carbocycles. The fraction of sp³-hybridized carbons (Fsp3) is 0.312. The summed E-state index contributed by atoms with van der Waals surface area (Å²) in [5.41, 5.74) is 2.62. The predicted molar refractivity (Wildman–Crippen MR) is 84.5 cm³/mol. The Bertz CT molecular complexity index is 585. The van der Waals surface area contributed by atoms with Crippen LogP contribution >= 0.6 is 15.9 Å². The average molecular weight is 333 g/mol. The lowest BCUT2D eigenvalue weighted by Crippen LogP contribution is -2.19. The van der Waals surface area contributed by atoms with E-state index in [1.807, 2.05) is 24.5 Å². The van der Waals surface area contributed by atoms with Gasteiger partial charge in [0.25, 0.3) is 0 Å². The maximum absolute atomic E-state index is 5.21. The van der Waals surface area contributed by atoms with E-state index in [0.717, 1.165) is 23.3 Å². The van der Waals surface area contributed by atoms with Gasteiger partial charge in [-0.05, 0) is 46.1 Å². The molecule has 3 rings (SSSR count). The molecule has 0 N–H and O–H groups in total. The van der Waals surface area contributed by atoms with Crippen LogP contribution in [0.4, 0.5) is 5.69 Å². The molecule has 1 aliphatic rings. The molecule has 104 valence electrons. The molecule has 2 aromatic rings. The smallest absolute Gasteiger partial charge is 0.118 e. The van der Waals surface area contributed by atoms with Gasteiger partial charge < -0.3 is 9.64 Å². The summed E-state index contributed by atoms with van der Waals surface area (Å²) in [5, 5.41) is 0. The van der Waals surface area contributed by atoms with E-state index < -0.39 is 0 Å². The van der Waals surface area contributed by atoms with Gasteiger partial charge in [-0.15, -0.1) is 0 Å². The summed E-state index contributed by atoms with van der Waals surface area (Å²) in [6.45, 7) is 2.13. The van der Waals surface area contributed by atoms with Crippen LogP contribution in [-0.4, -0.2) is 25.2 Å². The van der Waals surface area contributed by atoms with Crippen LogP contribution in [0.5, 0.6) is 5.75 Å². The van der Waals surface area contributed by atoms with Gasteiger partial charge in [-0.1, -0.05) is 12.1 Å². The van der Waals surface area contributed by atoms with Crippen LogP contribution in [0.15, 0.2) is 47.2 Å². The molecule has 20 heavy (non-hydrogen) atoms. The quantitative estimate of drug-likeness (QED) is 0.853. The number of nitrogens with zero attached hydrogens (tertiary/aromatic N) is 2. The summed E-state index contributed by atoms with van der Waals surface area (Å²) < 4.78 is 6.28. The molecule has 4 heteroatoms. The van der Waals surface area contributed by atoms with Crippen LogP contribution in [0, 0.1) is 0 Å². The molecule has 0 bridgehead atoms. The molecule has 0 saturated carbocycles. The molecule has 0 spiro atoms. The number of anilines is 1. The van der Waals surface area contributed by atoms with Crippen molar-refractivity contribution in [2.75, 3.05) is 25.1 Å². The van der Waals surface area contributed by atoms with Gasteiger partial charge in [-0.3, -0.25) is 4.98 Å². The minimum Gasteiger partial charge on any atom is -0.497 e. The molecule has 1 saturated heterocycles. The molecular weight excluding hydrogens is 316 g/mol. The summed E-state index contributed by atoms with van der Waals surface area (Å²) in [7, 11) is 1.70. The zero-order valence-electron chi connectivity index (χ0n) is 11.4. The van der Waals surface area contributed by atoms with E-state index in [4.69, 9.17) is 4.74 Å². The van der Waals surface area contributed by atoms with Crippen LogP contribution < -0.4 is 9.64 Å². The molecule has 0 aliphatic carbocycles. The van der Waals surface area contributed by atoms with Crippen LogP contribution in [0.1, 0.15) is 17.9 Å². The zero-order valence-corrected chi connectivity index (χ0v) is 13.0. The molecule has 1 aromatic heterocycles. The monoisotopic (exact) mass is 332 g/mol. The fourth-order valence-electron chi connectivity index (χ4n) is 2.75. The van der Waals surface area contributed by atoms with Crippen LogP contribution in [0.25, 0.3) is 0 Å². The van der Waals surface area contributed by atoms with Crippen LogP contribution in [0.3, 0.4) is 0 Å². The van der Waals surface area contributed by atoms with Crippen molar-refractivity contribution in [1.29, 1.82) is 0 Å². The lowest BCUT2D eigenvalue weighted by Gasteiger charge is -2.20. The number of hydrogen-bond donors (Lipinski definition) is 0. The van der Waals surface area contributed by atoms with Crippen molar-refractivity contribution in [1.82, 2.24) is 4.98 Å². The van der Waals surface area contributed by atoms with Gasteiger partial charge in [0, 0.05) is 31.4 Å². The zero-order chi connectivity index (χ0) is 13.9. The summed E-state index contributed by atoms with van der Waals surface area (Å²) >= 11 is 3.58. The highest BCUT2D eigenvalue weighted by Crippen LogP contribution is 2.34. The molecule has 1 atom stereocenters. The molecule has 0 radical (unpaired) electrons. The van der Waals surface area contributed by atoms with Crippen molar-refractivity contribution in [3.8, 4) is 5.75 Å². The Kier molecular flexibility index (Phi) is 3.92. The number of ether oxygens (including phenoxy) is 1. The highest BCUT2D eigenvalue weighted by atomic mass is 79.9. The average Bonchev–Trinajstić information content (AvgIpc) is 2.97. The molecular formula is C16H17BrN2O. The van der Waals surface area contributed by atoms with Crippen molar-refractivity contribution in [3.05, 3.63) is 52.8 Å². The third-order valence-electron chi connectivity index (χ3n) is 3.87. The summed E-state index contributed by atoms with van der Waals surface area (Å²) in [5.74, 6) is 1.50. The van der Waals surface area contributed by atoms with Crippen LogP contribution in [-0.2, 0) is 0 Å². The molecule has 2 heterocycles. The van der Waals surface area contributed by atoms with Crippen molar-refractivity contribution in [3.63, 3.8) is 0 Å². The lowest BCUT2D eigenvalue weighted by molar-refractivity contribution is 0.414. The van der Waals surface area contributed by atoms with Gasteiger partial charge in [0.15, 0.2) is 0 Å². The normalized spacial score (nSPS) is 18.3. The van der Waals surface area contributed by atoms with Gasteiger partial charge in [0.2, 0.25) is 0 Å². The second-order valence-electron chi connectivity index (χ2n) is 5.03. The van der Waals surface area contributed by atoms with Crippen molar-refractivity contribution in [2.45, 2.75) is 12.3 Å². The van der Waals surface area contributed by atoms with E-state index in [1.165, 1.54) is 17.7 Å². The fourth-order valence-corrected chi connectivity index (χ4v) is 3.25. The predicted octanol–water partition coefficient (Wildman–Crippen LogP) is 3.85. The number of aromatic nitrogens is 1. The van der Waals surface area contributed by atoms with Gasteiger partial charge in [0.1, 0.15) is 5.75 Å². The highest BCUT2D eigenvalue weighted by molar-refractivity contribution is 9.10. The number of hydrogen-bond acceptors (Lipinski definition) is 3. The number of halogens is 1. The maximum Gasteiger partial charge on any atom is 0.118 e. The first-order chi connectivity index (χ1) is 9.78. The van der Waals surface area contributed by atoms with Crippen molar-refractivity contribution < 1.29 is 4.74 Å². The summed E-state index contributed by atoms with van der Waals surface area (Å²) in [6.07, 6.45) is 4.89. The van der Waals surface area contributed by atoms with Gasteiger partial charge >= 0.3 is 0 Å². The Morgan fingerprint density at radius 3 is 2.75 bits per heavy atom. The molecule has 1 unspecified atom stereocenters. The van der Waals surface area contributed by atoms with E-state index >= 15 is 0 Å². The van der Waals surface area contributed by atoms with Crippen molar-refractivity contribution >= 4 is 21.6 Å². The minimum absolute atomic E-state index is 0.584. The second kappa shape index (κ2) is 5.83.